The van der Waals surface area contributed by atoms with E-state index in [0.717, 1.165) is 30.0 Å². The molecular formula is C38H36N2O3. The number of nitrogens with zero attached hydrogens (tertiary/aromatic N) is 2. The molecule has 1 amide bonds. The zero-order valence-electron chi connectivity index (χ0n) is 24.4. The third-order valence-electron chi connectivity index (χ3n) is 8.08. The van der Waals surface area contributed by atoms with Crippen molar-refractivity contribution in [2.75, 3.05) is 33.3 Å². The van der Waals surface area contributed by atoms with E-state index in [1.54, 1.807) is 7.11 Å². The summed E-state index contributed by atoms with van der Waals surface area (Å²) in [5.41, 5.74) is 6.32. The van der Waals surface area contributed by atoms with Gasteiger partial charge >= 0.3 is 0 Å². The van der Waals surface area contributed by atoms with Crippen LogP contribution in [-0.4, -0.2) is 49.0 Å². The highest BCUT2D eigenvalue weighted by atomic mass is 16.5. The predicted molar refractivity (Wildman–Crippen MR) is 171 cm³/mol. The third-order valence-corrected chi connectivity index (χ3v) is 8.08. The van der Waals surface area contributed by atoms with Crippen molar-refractivity contribution in [1.82, 2.24) is 9.80 Å². The van der Waals surface area contributed by atoms with Crippen LogP contribution in [0, 0.1) is 0 Å². The van der Waals surface area contributed by atoms with E-state index in [-0.39, 0.29) is 11.9 Å². The van der Waals surface area contributed by atoms with Gasteiger partial charge < -0.3 is 14.4 Å². The van der Waals surface area contributed by atoms with E-state index in [4.69, 9.17) is 9.47 Å². The number of hydrogen-bond donors (Lipinski definition) is 0. The number of methoxy groups -OCH3 is 1. The van der Waals surface area contributed by atoms with Crippen molar-refractivity contribution in [3.63, 3.8) is 0 Å². The number of benzene rings is 5. The van der Waals surface area contributed by atoms with Gasteiger partial charge in [-0.05, 0) is 52.6 Å². The molecule has 1 aliphatic heterocycles. The molecule has 1 saturated heterocycles. The number of hydrogen-bond acceptors (Lipinski definition) is 4. The molecule has 43 heavy (non-hydrogen) atoms. The lowest BCUT2D eigenvalue weighted by molar-refractivity contribution is 0.0597. The summed E-state index contributed by atoms with van der Waals surface area (Å²) in [6, 6.07) is 45.3. The van der Waals surface area contributed by atoms with Crippen LogP contribution < -0.4 is 9.47 Å². The largest absolute Gasteiger partial charge is 0.496 e. The van der Waals surface area contributed by atoms with E-state index < -0.39 is 0 Å². The maximum Gasteiger partial charge on any atom is 0.253 e. The minimum atomic E-state index is 0.0340. The molecule has 0 radical (unpaired) electrons. The second-order valence-corrected chi connectivity index (χ2v) is 10.8. The first-order valence-electron chi connectivity index (χ1n) is 14.8. The van der Waals surface area contributed by atoms with Crippen molar-refractivity contribution in [1.29, 1.82) is 0 Å². The average Bonchev–Trinajstić information content (AvgIpc) is 3.09. The highest BCUT2D eigenvalue weighted by Crippen LogP contribution is 2.30. The number of piperazine rings is 1. The van der Waals surface area contributed by atoms with Crippen molar-refractivity contribution in [2.45, 2.75) is 12.6 Å². The fraction of sp³-hybridized carbons (Fsp3) is 0.184. The second-order valence-electron chi connectivity index (χ2n) is 10.8. The Kier molecular flexibility index (Phi) is 8.81. The average molecular weight is 569 g/mol. The maximum absolute atomic E-state index is 13.6. The summed E-state index contributed by atoms with van der Waals surface area (Å²) in [6.45, 7) is 3.23. The minimum Gasteiger partial charge on any atom is -0.496 e. The van der Waals surface area contributed by atoms with Crippen LogP contribution in [0.1, 0.15) is 33.1 Å². The molecule has 5 heteroatoms. The Hall–Kier alpha value is -4.87. The van der Waals surface area contributed by atoms with Crippen LogP contribution >= 0.6 is 0 Å². The van der Waals surface area contributed by atoms with E-state index in [2.05, 4.69) is 89.8 Å². The molecule has 5 nitrogen and oxygen atoms in total. The highest BCUT2D eigenvalue weighted by molar-refractivity contribution is 5.94. The summed E-state index contributed by atoms with van der Waals surface area (Å²) in [5, 5.41) is 0. The van der Waals surface area contributed by atoms with Crippen LogP contribution in [0.5, 0.6) is 11.5 Å². The minimum absolute atomic E-state index is 0.0340. The van der Waals surface area contributed by atoms with Crippen LogP contribution in [0.4, 0.5) is 0 Å². The summed E-state index contributed by atoms with van der Waals surface area (Å²) in [4.78, 5) is 18.1. The molecule has 5 aromatic carbocycles. The zero-order valence-corrected chi connectivity index (χ0v) is 24.4. The van der Waals surface area contributed by atoms with Crippen LogP contribution in [0.25, 0.3) is 11.1 Å². The van der Waals surface area contributed by atoms with Gasteiger partial charge in [0.1, 0.15) is 18.1 Å². The first-order valence-corrected chi connectivity index (χ1v) is 14.8. The quantitative estimate of drug-likeness (QED) is 0.185. The van der Waals surface area contributed by atoms with Gasteiger partial charge in [0.25, 0.3) is 5.91 Å². The van der Waals surface area contributed by atoms with E-state index in [0.29, 0.717) is 31.0 Å². The zero-order chi connectivity index (χ0) is 29.4. The Morgan fingerprint density at radius 2 is 1.23 bits per heavy atom. The normalized spacial score (nSPS) is 13.6. The van der Waals surface area contributed by atoms with Crippen molar-refractivity contribution >= 4 is 5.91 Å². The van der Waals surface area contributed by atoms with Gasteiger partial charge in [-0.15, -0.1) is 0 Å². The molecular weight excluding hydrogens is 532 g/mol. The highest BCUT2D eigenvalue weighted by Gasteiger charge is 2.28. The number of rotatable bonds is 9. The van der Waals surface area contributed by atoms with Gasteiger partial charge in [-0.2, -0.15) is 0 Å². The molecule has 0 N–H and O–H groups in total. The van der Waals surface area contributed by atoms with Gasteiger partial charge in [-0.1, -0.05) is 103 Å². The van der Waals surface area contributed by atoms with Gasteiger partial charge in [0.2, 0.25) is 0 Å². The molecule has 0 saturated carbocycles. The van der Waals surface area contributed by atoms with Crippen LogP contribution in [0.2, 0.25) is 0 Å². The van der Waals surface area contributed by atoms with Gasteiger partial charge in [-0.25, -0.2) is 0 Å². The molecule has 0 aliphatic carbocycles. The maximum atomic E-state index is 13.6. The van der Waals surface area contributed by atoms with E-state index >= 15 is 0 Å². The van der Waals surface area contributed by atoms with Gasteiger partial charge in [0.15, 0.2) is 0 Å². The Morgan fingerprint density at radius 3 is 1.81 bits per heavy atom. The van der Waals surface area contributed by atoms with E-state index in [9.17, 15) is 4.79 Å². The van der Waals surface area contributed by atoms with Crippen molar-refractivity contribution in [3.05, 3.63) is 156 Å². The lowest BCUT2D eigenvalue weighted by Gasteiger charge is -2.40. The Labute approximate surface area is 253 Å². The molecule has 0 atom stereocenters. The number of amides is 1. The Balaban J connectivity index is 1.12. The summed E-state index contributed by atoms with van der Waals surface area (Å²) in [5.74, 6) is 1.50. The van der Waals surface area contributed by atoms with Crippen molar-refractivity contribution in [3.8, 4) is 22.6 Å². The lowest BCUT2D eigenvalue weighted by atomic mass is 9.96. The number of carbonyl (C=O) groups excluding carboxylic acids is 1. The first-order chi connectivity index (χ1) is 21.2. The number of carbonyl (C=O) groups is 1. The molecule has 1 fully saturated rings. The molecule has 0 unspecified atom stereocenters. The van der Waals surface area contributed by atoms with Gasteiger partial charge in [-0.3, -0.25) is 9.69 Å². The first kappa shape index (κ1) is 28.3. The fourth-order valence-electron chi connectivity index (χ4n) is 5.81. The molecule has 0 spiro atoms. The summed E-state index contributed by atoms with van der Waals surface area (Å²) >= 11 is 0. The summed E-state index contributed by atoms with van der Waals surface area (Å²) in [6.07, 6.45) is 0. The SMILES string of the molecule is COc1ccc(C(=O)N2CCN(C(c3ccccc3)c3ccccc3)CC2)cc1COc1ccc(-c2ccccc2)cc1. The molecule has 0 bridgehead atoms. The number of ether oxygens (including phenoxy) is 2. The van der Waals surface area contributed by atoms with Gasteiger partial charge in [0, 0.05) is 37.3 Å². The van der Waals surface area contributed by atoms with E-state index in [1.807, 2.05) is 53.4 Å². The molecule has 1 aliphatic rings. The van der Waals surface area contributed by atoms with Crippen LogP contribution in [0.3, 0.4) is 0 Å². The lowest BCUT2D eigenvalue weighted by Crippen LogP contribution is -2.49. The predicted octanol–water partition coefficient (Wildman–Crippen LogP) is 7.49. The fourth-order valence-corrected chi connectivity index (χ4v) is 5.81. The third kappa shape index (κ3) is 6.63. The smallest absolute Gasteiger partial charge is 0.253 e. The topological polar surface area (TPSA) is 42.0 Å². The van der Waals surface area contributed by atoms with Gasteiger partial charge in [0.05, 0.1) is 13.2 Å². The van der Waals surface area contributed by atoms with Crippen molar-refractivity contribution in [2.24, 2.45) is 0 Å². The van der Waals surface area contributed by atoms with Crippen LogP contribution in [-0.2, 0) is 6.61 Å². The Morgan fingerprint density at radius 1 is 0.674 bits per heavy atom. The van der Waals surface area contributed by atoms with Crippen LogP contribution in [0.15, 0.2) is 133 Å². The molecule has 216 valence electrons. The molecule has 1 heterocycles. The van der Waals surface area contributed by atoms with Crippen molar-refractivity contribution < 1.29 is 14.3 Å². The monoisotopic (exact) mass is 568 g/mol. The summed E-state index contributed by atoms with van der Waals surface area (Å²) < 4.78 is 11.7. The summed E-state index contributed by atoms with van der Waals surface area (Å²) in [7, 11) is 1.64. The molecule has 0 aromatic heterocycles. The Bertz CT molecular complexity index is 1580. The molecule has 5 aromatic rings. The molecule has 6 rings (SSSR count). The van der Waals surface area contributed by atoms with E-state index in [1.165, 1.54) is 16.7 Å². The second kappa shape index (κ2) is 13.4. The standard InChI is InChI=1S/C38H36N2O3/c1-42-36-22-19-33(27-34(36)28-43-35-20-17-30(18-21-35)29-11-5-2-6-12-29)38(41)40-25-23-39(24-26-40)37(31-13-7-3-8-14-31)32-15-9-4-10-16-32/h2-22,27,37H,23-26,28H2,1H3.